The lowest BCUT2D eigenvalue weighted by atomic mass is 10.4. The smallest absolute Gasteiger partial charge is 0.275 e. The molecule has 0 aromatic carbocycles. The lowest BCUT2D eigenvalue weighted by Crippen LogP contribution is -2.26. The Morgan fingerprint density at radius 3 is 3.10 bits per heavy atom. The molecule has 1 aromatic rings. The van der Waals surface area contributed by atoms with E-state index in [9.17, 15) is 10.1 Å². The number of rotatable bonds is 8. The minimum Gasteiger partial charge on any atom is -0.365 e. The number of nitrogens with one attached hydrogen (secondary N) is 3. The summed E-state index contributed by atoms with van der Waals surface area (Å²) >= 11 is 1.70. The molecule has 0 atom stereocenters. The Morgan fingerprint density at radius 1 is 1.70 bits per heavy atom. The van der Waals surface area contributed by atoms with Crippen LogP contribution in [0.15, 0.2) is 18.3 Å². The number of aryl methyl sites for hydroxylation is 1. The van der Waals surface area contributed by atoms with E-state index in [2.05, 4.69) is 32.6 Å². The fraction of sp³-hybridized carbons (Fsp3) is 0.417. The minimum atomic E-state index is -0.521. The number of hydrogen-bond acceptors (Lipinski definition) is 6. The van der Waals surface area contributed by atoms with Gasteiger partial charge in [-0.1, -0.05) is 5.92 Å². The van der Waals surface area contributed by atoms with Crippen LogP contribution in [0.2, 0.25) is 0 Å². The molecule has 3 N–H and O–H groups in total. The maximum Gasteiger partial charge on any atom is 0.275 e. The fourth-order valence-corrected chi connectivity index (χ4v) is 2.19. The van der Waals surface area contributed by atoms with Crippen molar-refractivity contribution in [2.45, 2.75) is 19.6 Å². The summed E-state index contributed by atoms with van der Waals surface area (Å²) in [5.74, 6) is 4.53. The standard InChI is InChI=1S/C12H17N5O2S/c1-3-4-13-12(7-17(18)19)14-5-6-20-8-11-10(2)15-9-16-11/h7,9,13-14H,5-6,8H2,1-2H3,(H,15,16). The van der Waals surface area contributed by atoms with Crippen molar-refractivity contribution >= 4 is 11.8 Å². The first kappa shape index (κ1) is 15.9. The lowest BCUT2D eigenvalue weighted by Gasteiger charge is -2.06. The van der Waals surface area contributed by atoms with Crippen LogP contribution >= 0.6 is 11.8 Å². The third-order valence-corrected chi connectivity index (χ3v) is 3.26. The van der Waals surface area contributed by atoms with E-state index < -0.39 is 4.92 Å². The molecular weight excluding hydrogens is 278 g/mol. The van der Waals surface area contributed by atoms with E-state index in [0.29, 0.717) is 12.4 Å². The maximum atomic E-state index is 10.4. The summed E-state index contributed by atoms with van der Waals surface area (Å²) in [5, 5.41) is 16.0. The first-order valence-corrected chi connectivity index (χ1v) is 7.12. The Hall–Kier alpha value is -2.14. The van der Waals surface area contributed by atoms with Gasteiger partial charge in [-0.25, -0.2) is 4.98 Å². The molecule has 7 nitrogen and oxygen atoms in total. The van der Waals surface area contributed by atoms with Gasteiger partial charge in [0, 0.05) is 29.8 Å². The zero-order chi connectivity index (χ0) is 14.8. The highest BCUT2D eigenvalue weighted by Gasteiger charge is 2.02. The van der Waals surface area contributed by atoms with Gasteiger partial charge in [0.1, 0.15) is 0 Å². The highest BCUT2D eigenvalue weighted by Crippen LogP contribution is 2.11. The van der Waals surface area contributed by atoms with Gasteiger partial charge in [0.05, 0.1) is 16.9 Å². The second-order valence-corrected chi connectivity index (χ2v) is 4.89. The first-order valence-electron chi connectivity index (χ1n) is 5.97. The molecule has 1 rings (SSSR count). The van der Waals surface area contributed by atoms with Crippen molar-refractivity contribution in [1.82, 2.24) is 20.6 Å². The SMILES string of the molecule is CC#CNC(=C[N+](=O)[O-])NCCSCc1nc[nH]c1C. The van der Waals surface area contributed by atoms with Crippen molar-refractivity contribution in [3.05, 3.63) is 39.9 Å². The molecule has 0 saturated heterocycles. The normalized spacial score (nSPS) is 10.6. The Morgan fingerprint density at radius 2 is 2.50 bits per heavy atom. The molecule has 0 unspecified atom stereocenters. The molecule has 0 aliphatic carbocycles. The highest BCUT2D eigenvalue weighted by atomic mass is 32.2. The number of hydrogen-bond donors (Lipinski definition) is 3. The zero-order valence-corrected chi connectivity index (χ0v) is 12.2. The number of thioether (sulfide) groups is 1. The molecule has 0 aliphatic heterocycles. The third kappa shape index (κ3) is 6.15. The number of imidazole rings is 1. The summed E-state index contributed by atoms with van der Waals surface area (Å²) in [6.45, 7) is 4.23. The number of nitro groups is 1. The van der Waals surface area contributed by atoms with E-state index in [1.807, 2.05) is 6.92 Å². The van der Waals surface area contributed by atoms with Crippen LogP contribution in [0, 0.1) is 29.0 Å². The number of aromatic nitrogens is 2. The molecule has 0 radical (unpaired) electrons. The van der Waals surface area contributed by atoms with Crippen molar-refractivity contribution in [3.8, 4) is 12.0 Å². The average molecular weight is 295 g/mol. The Labute approximate surface area is 121 Å². The molecule has 0 fully saturated rings. The van der Waals surface area contributed by atoms with Gasteiger partial charge in [-0.2, -0.15) is 11.8 Å². The van der Waals surface area contributed by atoms with Crippen LogP contribution in [-0.2, 0) is 5.75 Å². The van der Waals surface area contributed by atoms with E-state index in [-0.39, 0.29) is 0 Å². The average Bonchev–Trinajstić information content (AvgIpc) is 2.80. The largest absolute Gasteiger partial charge is 0.365 e. The lowest BCUT2D eigenvalue weighted by molar-refractivity contribution is -0.404. The topological polar surface area (TPSA) is 95.9 Å². The van der Waals surface area contributed by atoms with Crippen LogP contribution in [0.1, 0.15) is 18.3 Å². The van der Waals surface area contributed by atoms with Gasteiger partial charge in [0.15, 0.2) is 5.82 Å². The molecular formula is C12H17N5O2S. The number of H-pyrrole nitrogens is 1. The second-order valence-electron chi connectivity index (χ2n) is 3.78. The van der Waals surface area contributed by atoms with Crippen LogP contribution in [0.5, 0.6) is 0 Å². The van der Waals surface area contributed by atoms with Crippen LogP contribution in [0.4, 0.5) is 0 Å². The van der Waals surface area contributed by atoms with Crippen molar-refractivity contribution in [2.75, 3.05) is 12.3 Å². The fourth-order valence-electron chi connectivity index (χ4n) is 1.32. The Kier molecular flexibility index (Phi) is 7.06. The molecule has 1 heterocycles. The van der Waals surface area contributed by atoms with E-state index in [0.717, 1.165) is 29.1 Å². The number of nitrogens with zero attached hydrogens (tertiary/aromatic N) is 2. The summed E-state index contributed by atoms with van der Waals surface area (Å²) in [4.78, 5) is 17.1. The predicted octanol–water partition coefficient (Wildman–Crippen LogP) is 1.19. The quantitative estimate of drug-likeness (QED) is 0.219. The minimum absolute atomic E-state index is 0.293. The van der Waals surface area contributed by atoms with Gasteiger partial charge in [-0.3, -0.25) is 15.4 Å². The van der Waals surface area contributed by atoms with Gasteiger partial charge >= 0.3 is 0 Å². The summed E-state index contributed by atoms with van der Waals surface area (Å²) in [5.41, 5.74) is 2.10. The van der Waals surface area contributed by atoms with E-state index >= 15 is 0 Å². The highest BCUT2D eigenvalue weighted by molar-refractivity contribution is 7.98. The van der Waals surface area contributed by atoms with Gasteiger partial charge in [0.2, 0.25) is 0 Å². The zero-order valence-electron chi connectivity index (χ0n) is 11.4. The monoisotopic (exact) mass is 295 g/mol. The molecule has 0 saturated carbocycles. The summed E-state index contributed by atoms with van der Waals surface area (Å²) in [7, 11) is 0. The second kappa shape index (κ2) is 8.87. The number of aromatic amines is 1. The van der Waals surface area contributed by atoms with Crippen LogP contribution in [0.25, 0.3) is 0 Å². The summed E-state index contributed by atoms with van der Waals surface area (Å²) in [6, 6.07) is 2.57. The van der Waals surface area contributed by atoms with Gasteiger partial charge in [-0.15, -0.1) is 0 Å². The van der Waals surface area contributed by atoms with Crippen LogP contribution in [-0.4, -0.2) is 27.2 Å². The molecule has 20 heavy (non-hydrogen) atoms. The maximum absolute atomic E-state index is 10.4. The third-order valence-electron chi connectivity index (χ3n) is 2.29. The molecule has 0 amide bonds. The first-order chi connectivity index (χ1) is 9.63. The van der Waals surface area contributed by atoms with Gasteiger partial charge in [0.25, 0.3) is 6.20 Å². The van der Waals surface area contributed by atoms with E-state index in [1.165, 1.54) is 0 Å². The van der Waals surface area contributed by atoms with Crippen molar-refractivity contribution in [2.24, 2.45) is 0 Å². The Balaban J connectivity index is 2.28. The summed E-state index contributed by atoms with van der Waals surface area (Å²) in [6.07, 6.45) is 2.54. The summed E-state index contributed by atoms with van der Waals surface area (Å²) < 4.78 is 0. The molecule has 0 spiro atoms. The molecule has 108 valence electrons. The van der Waals surface area contributed by atoms with E-state index in [1.54, 1.807) is 25.0 Å². The van der Waals surface area contributed by atoms with Crippen molar-refractivity contribution < 1.29 is 4.92 Å². The molecule has 1 aromatic heterocycles. The van der Waals surface area contributed by atoms with Gasteiger partial charge in [-0.05, 0) is 13.8 Å². The van der Waals surface area contributed by atoms with Gasteiger partial charge < -0.3 is 10.3 Å². The van der Waals surface area contributed by atoms with Crippen molar-refractivity contribution in [1.29, 1.82) is 0 Å². The molecule has 0 bridgehead atoms. The van der Waals surface area contributed by atoms with E-state index in [4.69, 9.17) is 0 Å². The van der Waals surface area contributed by atoms with Crippen LogP contribution in [0.3, 0.4) is 0 Å². The Bertz CT molecular complexity index is 529. The molecule has 0 aliphatic rings. The van der Waals surface area contributed by atoms with Crippen LogP contribution < -0.4 is 10.6 Å². The predicted molar refractivity (Wildman–Crippen MR) is 79.2 cm³/mol. The van der Waals surface area contributed by atoms with Crippen molar-refractivity contribution in [3.63, 3.8) is 0 Å². The molecule has 8 heteroatoms.